The highest BCUT2D eigenvalue weighted by Gasteiger charge is 2.09. The maximum atomic E-state index is 6.08. The van der Waals surface area contributed by atoms with Gasteiger partial charge >= 0.3 is 0 Å². The lowest BCUT2D eigenvalue weighted by atomic mass is 9.94. The van der Waals surface area contributed by atoms with E-state index in [1.807, 2.05) is 6.07 Å². The van der Waals surface area contributed by atoms with Crippen LogP contribution in [0.3, 0.4) is 0 Å². The molecule has 4 rings (SSSR count). The Kier molecular flexibility index (Phi) is 3.17. The zero-order valence-electron chi connectivity index (χ0n) is 11.3. The van der Waals surface area contributed by atoms with Crippen molar-refractivity contribution in [2.75, 3.05) is 0 Å². The van der Waals surface area contributed by atoms with Crippen molar-refractivity contribution in [3.8, 4) is 0 Å². The number of benzene rings is 3. The molecule has 0 saturated heterocycles. The molecule has 1 aromatic heterocycles. The number of hydrogen-bond acceptors (Lipinski definition) is 1. The van der Waals surface area contributed by atoms with Crippen molar-refractivity contribution >= 4 is 44.5 Å². The van der Waals surface area contributed by atoms with E-state index in [0.29, 0.717) is 0 Å². The van der Waals surface area contributed by atoms with Gasteiger partial charge in [0.15, 0.2) is 0 Å². The van der Waals surface area contributed by atoms with E-state index in [4.69, 9.17) is 11.6 Å². The molecule has 0 aliphatic heterocycles. The second-order valence-electron chi connectivity index (χ2n) is 5.18. The van der Waals surface area contributed by atoms with Gasteiger partial charge in [0.05, 0.1) is 4.34 Å². The molecule has 0 aliphatic rings. The zero-order valence-corrected chi connectivity index (χ0v) is 12.9. The molecule has 21 heavy (non-hydrogen) atoms. The van der Waals surface area contributed by atoms with E-state index in [1.54, 1.807) is 11.3 Å². The van der Waals surface area contributed by atoms with Crippen molar-refractivity contribution < 1.29 is 0 Å². The predicted octanol–water partition coefficient (Wildman–Crippen LogP) is 6.30. The normalized spacial score (nSPS) is 11.3. The third kappa shape index (κ3) is 2.33. The average Bonchev–Trinajstić information content (AvgIpc) is 2.92. The van der Waals surface area contributed by atoms with Crippen molar-refractivity contribution in [2.24, 2.45) is 0 Å². The summed E-state index contributed by atoms with van der Waals surface area (Å²) in [6.45, 7) is 0. The Morgan fingerprint density at radius 3 is 1.95 bits per heavy atom. The van der Waals surface area contributed by atoms with Gasteiger partial charge in [0, 0.05) is 11.3 Å². The van der Waals surface area contributed by atoms with Crippen LogP contribution in [0.4, 0.5) is 0 Å². The fourth-order valence-electron chi connectivity index (χ4n) is 2.92. The third-order valence-electron chi connectivity index (χ3n) is 3.86. The molecule has 3 aromatic carbocycles. The Bertz CT molecular complexity index is 883. The lowest BCUT2D eigenvalue weighted by molar-refractivity contribution is 1.29. The number of rotatable bonds is 2. The number of hydrogen-bond donors (Lipinski definition) is 0. The van der Waals surface area contributed by atoms with Crippen LogP contribution in [0.5, 0.6) is 0 Å². The molecule has 0 atom stereocenters. The molecule has 0 N–H and O–H groups in total. The molecule has 0 spiro atoms. The largest absolute Gasteiger partial charge is 0.128 e. The van der Waals surface area contributed by atoms with Crippen LogP contribution < -0.4 is 0 Å². The second kappa shape index (κ2) is 5.18. The SMILES string of the molecule is Clc1ccc(Cc2c3ccccc3cc3ccccc23)s1. The lowest BCUT2D eigenvalue weighted by Gasteiger charge is -2.10. The van der Waals surface area contributed by atoms with Crippen LogP contribution in [-0.2, 0) is 6.42 Å². The van der Waals surface area contributed by atoms with Crippen molar-refractivity contribution in [3.63, 3.8) is 0 Å². The maximum absolute atomic E-state index is 6.08. The van der Waals surface area contributed by atoms with Gasteiger partial charge in [-0.1, -0.05) is 60.1 Å². The van der Waals surface area contributed by atoms with E-state index in [1.165, 1.54) is 32.0 Å². The molecule has 0 aliphatic carbocycles. The molecule has 0 fully saturated rings. The Morgan fingerprint density at radius 1 is 0.762 bits per heavy atom. The molecule has 2 heteroatoms. The van der Waals surface area contributed by atoms with Gasteiger partial charge < -0.3 is 0 Å². The molecule has 0 bridgehead atoms. The summed E-state index contributed by atoms with van der Waals surface area (Å²) in [5, 5.41) is 5.27. The van der Waals surface area contributed by atoms with E-state index in [2.05, 4.69) is 60.7 Å². The van der Waals surface area contributed by atoms with Crippen molar-refractivity contribution in [1.29, 1.82) is 0 Å². The van der Waals surface area contributed by atoms with Crippen molar-refractivity contribution in [1.82, 2.24) is 0 Å². The highest BCUT2D eigenvalue weighted by atomic mass is 35.5. The Labute approximate surface area is 132 Å². The van der Waals surface area contributed by atoms with E-state index >= 15 is 0 Å². The molecule has 0 unspecified atom stereocenters. The van der Waals surface area contributed by atoms with Crippen molar-refractivity contribution in [3.05, 3.63) is 81.5 Å². The van der Waals surface area contributed by atoms with E-state index < -0.39 is 0 Å². The highest BCUT2D eigenvalue weighted by Crippen LogP contribution is 2.32. The third-order valence-corrected chi connectivity index (χ3v) is 5.09. The van der Waals surface area contributed by atoms with Gasteiger partial charge in [-0.05, 0) is 45.3 Å². The molecule has 0 amide bonds. The molecule has 4 aromatic rings. The quantitative estimate of drug-likeness (QED) is 0.381. The highest BCUT2D eigenvalue weighted by molar-refractivity contribution is 7.16. The minimum absolute atomic E-state index is 0.856. The molecule has 0 nitrogen and oxygen atoms in total. The summed E-state index contributed by atoms with van der Waals surface area (Å²) in [7, 11) is 0. The summed E-state index contributed by atoms with van der Waals surface area (Å²) in [5.41, 5.74) is 1.39. The summed E-state index contributed by atoms with van der Waals surface area (Å²) in [6.07, 6.45) is 0.930. The van der Waals surface area contributed by atoms with Gasteiger partial charge in [-0.3, -0.25) is 0 Å². The van der Waals surface area contributed by atoms with Crippen LogP contribution in [0.2, 0.25) is 4.34 Å². The summed E-state index contributed by atoms with van der Waals surface area (Å²) < 4.78 is 0.856. The summed E-state index contributed by atoms with van der Waals surface area (Å²) in [6, 6.07) is 23.6. The zero-order chi connectivity index (χ0) is 14.2. The maximum Gasteiger partial charge on any atom is 0.0931 e. The molecule has 1 heterocycles. The van der Waals surface area contributed by atoms with Crippen molar-refractivity contribution in [2.45, 2.75) is 6.42 Å². The first-order valence-corrected chi connectivity index (χ1v) is 8.14. The molecule has 0 saturated carbocycles. The monoisotopic (exact) mass is 308 g/mol. The molecule has 102 valence electrons. The lowest BCUT2D eigenvalue weighted by Crippen LogP contribution is -1.90. The fourth-order valence-corrected chi connectivity index (χ4v) is 4.02. The van der Waals surface area contributed by atoms with Gasteiger partial charge in [0.2, 0.25) is 0 Å². The predicted molar refractivity (Wildman–Crippen MR) is 93.6 cm³/mol. The van der Waals surface area contributed by atoms with E-state index in [9.17, 15) is 0 Å². The minimum Gasteiger partial charge on any atom is -0.128 e. The minimum atomic E-state index is 0.856. The molecule has 0 radical (unpaired) electrons. The first-order chi connectivity index (χ1) is 10.3. The smallest absolute Gasteiger partial charge is 0.0931 e. The van der Waals surface area contributed by atoms with Gasteiger partial charge in [-0.2, -0.15) is 0 Å². The Morgan fingerprint density at radius 2 is 1.38 bits per heavy atom. The second-order valence-corrected chi connectivity index (χ2v) is 6.98. The topological polar surface area (TPSA) is 0 Å². The van der Waals surface area contributed by atoms with Crippen LogP contribution >= 0.6 is 22.9 Å². The van der Waals surface area contributed by atoms with Crippen LogP contribution in [0, 0.1) is 0 Å². The summed E-state index contributed by atoms with van der Waals surface area (Å²) in [5.74, 6) is 0. The first kappa shape index (κ1) is 12.9. The van der Waals surface area contributed by atoms with Gasteiger partial charge in [-0.25, -0.2) is 0 Å². The number of fused-ring (bicyclic) bond motifs is 2. The van der Waals surface area contributed by atoms with Crippen LogP contribution in [-0.4, -0.2) is 0 Å². The first-order valence-electron chi connectivity index (χ1n) is 6.95. The van der Waals surface area contributed by atoms with Gasteiger partial charge in [-0.15, -0.1) is 11.3 Å². The van der Waals surface area contributed by atoms with Crippen LogP contribution in [0.1, 0.15) is 10.4 Å². The Hall–Kier alpha value is -1.83. The fraction of sp³-hybridized carbons (Fsp3) is 0.0526. The van der Waals surface area contributed by atoms with Crippen LogP contribution in [0.15, 0.2) is 66.7 Å². The molecular formula is C19H13ClS. The van der Waals surface area contributed by atoms with Crippen LogP contribution in [0.25, 0.3) is 21.5 Å². The van der Waals surface area contributed by atoms with Gasteiger partial charge in [0.25, 0.3) is 0 Å². The summed E-state index contributed by atoms with van der Waals surface area (Å²) in [4.78, 5) is 1.31. The number of halogens is 1. The van der Waals surface area contributed by atoms with E-state index in [-0.39, 0.29) is 0 Å². The summed E-state index contributed by atoms with van der Waals surface area (Å²) >= 11 is 7.75. The van der Waals surface area contributed by atoms with Gasteiger partial charge in [0.1, 0.15) is 0 Å². The standard InChI is InChI=1S/C19H13ClS/c20-19-10-9-15(21-19)12-18-16-7-3-1-5-13(16)11-14-6-2-4-8-17(14)18/h1-11H,12H2. The Balaban J connectivity index is 2.01. The number of thiophene rings is 1. The average molecular weight is 309 g/mol. The van der Waals surface area contributed by atoms with E-state index in [0.717, 1.165) is 10.8 Å². The molecular weight excluding hydrogens is 296 g/mol.